The highest BCUT2D eigenvalue weighted by atomic mass is 16.5. The van der Waals surface area contributed by atoms with Gasteiger partial charge in [-0.1, -0.05) is 12.1 Å². The van der Waals surface area contributed by atoms with Crippen LogP contribution < -0.4 is 5.32 Å². The number of nitrogens with zero attached hydrogens (tertiary/aromatic N) is 4. The van der Waals surface area contributed by atoms with Crippen molar-refractivity contribution in [2.24, 2.45) is 5.92 Å². The van der Waals surface area contributed by atoms with Crippen molar-refractivity contribution in [2.75, 3.05) is 32.7 Å². The maximum Gasteiger partial charge on any atom is 0.317 e. The lowest BCUT2D eigenvalue weighted by molar-refractivity contribution is 0.0704. The molecule has 2 saturated heterocycles. The van der Waals surface area contributed by atoms with Crippen LogP contribution in [0.3, 0.4) is 0 Å². The number of piperidine rings is 2. The third kappa shape index (κ3) is 4.55. The van der Waals surface area contributed by atoms with Crippen LogP contribution in [0.2, 0.25) is 0 Å². The number of amides is 2. The van der Waals surface area contributed by atoms with Crippen molar-refractivity contribution in [3.8, 4) is 0 Å². The first-order valence-corrected chi connectivity index (χ1v) is 9.93. The van der Waals surface area contributed by atoms with Gasteiger partial charge in [0.15, 0.2) is 5.82 Å². The van der Waals surface area contributed by atoms with Crippen molar-refractivity contribution in [2.45, 2.75) is 64.8 Å². The zero-order valence-corrected chi connectivity index (χ0v) is 16.6. The Hall–Kier alpha value is -1.63. The van der Waals surface area contributed by atoms with E-state index in [0.29, 0.717) is 24.8 Å². The van der Waals surface area contributed by atoms with Gasteiger partial charge in [0.1, 0.15) is 0 Å². The summed E-state index contributed by atoms with van der Waals surface area (Å²) in [5, 5.41) is 7.04. The molecule has 3 heterocycles. The summed E-state index contributed by atoms with van der Waals surface area (Å²) >= 11 is 0. The molecular weight excluding hydrogens is 330 g/mol. The fourth-order valence-electron chi connectivity index (χ4n) is 4.10. The van der Waals surface area contributed by atoms with Crippen LogP contribution in [0.5, 0.6) is 0 Å². The first-order valence-electron chi connectivity index (χ1n) is 9.93. The van der Waals surface area contributed by atoms with Crippen LogP contribution in [0.1, 0.15) is 64.1 Å². The molecule has 26 heavy (non-hydrogen) atoms. The predicted octanol–water partition coefficient (Wildman–Crippen LogP) is 2.78. The van der Waals surface area contributed by atoms with E-state index in [1.54, 1.807) is 0 Å². The molecule has 2 aliphatic rings. The van der Waals surface area contributed by atoms with Gasteiger partial charge in [0.25, 0.3) is 0 Å². The van der Waals surface area contributed by atoms with E-state index in [-0.39, 0.29) is 17.5 Å². The van der Waals surface area contributed by atoms with Gasteiger partial charge in [-0.25, -0.2) is 4.79 Å². The first-order chi connectivity index (χ1) is 12.3. The van der Waals surface area contributed by atoms with E-state index in [9.17, 15) is 4.79 Å². The number of rotatable bonds is 4. The van der Waals surface area contributed by atoms with Crippen molar-refractivity contribution < 1.29 is 9.32 Å². The van der Waals surface area contributed by atoms with E-state index < -0.39 is 0 Å². The van der Waals surface area contributed by atoms with E-state index in [1.807, 2.05) is 11.8 Å². The van der Waals surface area contributed by atoms with Crippen LogP contribution in [0.25, 0.3) is 0 Å². The molecule has 3 rings (SSSR count). The molecule has 2 unspecified atom stereocenters. The largest absolute Gasteiger partial charge is 0.339 e. The Bertz CT molecular complexity index is 615. The fraction of sp³-hybridized carbons (Fsp3) is 0.842. The minimum absolute atomic E-state index is 0.0177. The Labute approximate surface area is 156 Å². The number of likely N-dealkylation sites (tertiary alicyclic amines) is 2. The number of urea groups is 1. The van der Waals surface area contributed by atoms with Crippen molar-refractivity contribution in [3.63, 3.8) is 0 Å². The molecule has 0 aromatic carbocycles. The first kappa shape index (κ1) is 19.1. The molecule has 146 valence electrons. The van der Waals surface area contributed by atoms with Gasteiger partial charge in [-0.3, -0.25) is 4.90 Å². The Balaban J connectivity index is 1.52. The SMILES string of the molecule is Cc1noc(C2CCCN(C(=O)NCC(C)(C)N3CCCC(C)C3)C2)n1. The highest BCUT2D eigenvalue weighted by Gasteiger charge is 2.32. The van der Waals surface area contributed by atoms with Crippen LogP contribution >= 0.6 is 0 Å². The number of hydrogen-bond donors (Lipinski definition) is 1. The average molecular weight is 364 g/mol. The smallest absolute Gasteiger partial charge is 0.317 e. The molecule has 2 aliphatic heterocycles. The molecule has 0 bridgehead atoms. The molecule has 0 saturated carbocycles. The van der Waals surface area contributed by atoms with Crippen molar-refractivity contribution >= 4 is 6.03 Å². The van der Waals surface area contributed by atoms with Crippen LogP contribution in [-0.4, -0.2) is 64.2 Å². The van der Waals surface area contributed by atoms with Gasteiger partial charge in [-0.15, -0.1) is 0 Å². The summed E-state index contributed by atoms with van der Waals surface area (Å²) in [6, 6.07) is 0.0177. The molecular formula is C19H33N5O2. The summed E-state index contributed by atoms with van der Waals surface area (Å²) in [7, 11) is 0. The molecule has 2 fully saturated rings. The molecule has 7 nitrogen and oxygen atoms in total. The standard InChI is InChI=1S/C19H33N5O2/c1-14-7-5-10-24(11-14)19(3,4)13-20-18(25)23-9-6-8-16(12-23)17-21-15(2)22-26-17/h14,16H,5-13H2,1-4H3,(H,20,25). The van der Waals surface area contributed by atoms with Crippen LogP contribution in [0.4, 0.5) is 4.79 Å². The molecule has 1 aromatic heterocycles. The maximum absolute atomic E-state index is 12.7. The monoisotopic (exact) mass is 363 g/mol. The Morgan fingerprint density at radius 1 is 1.27 bits per heavy atom. The molecule has 0 aliphatic carbocycles. The lowest BCUT2D eigenvalue weighted by Crippen LogP contribution is -2.56. The van der Waals surface area contributed by atoms with E-state index in [4.69, 9.17) is 4.52 Å². The second-order valence-corrected chi connectivity index (χ2v) is 8.63. The van der Waals surface area contributed by atoms with Gasteiger partial charge in [0, 0.05) is 31.7 Å². The molecule has 1 N–H and O–H groups in total. The van der Waals surface area contributed by atoms with Gasteiger partial charge >= 0.3 is 6.03 Å². The summed E-state index contributed by atoms with van der Waals surface area (Å²) < 4.78 is 5.31. The number of carbonyl (C=O) groups is 1. The molecule has 0 spiro atoms. The lowest BCUT2D eigenvalue weighted by atomic mass is 9.93. The molecule has 7 heteroatoms. The summed E-state index contributed by atoms with van der Waals surface area (Å²) in [6.07, 6.45) is 4.51. The zero-order valence-electron chi connectivity index (χ0n) is 16.6. The summed E-state index contributed by atoms with van der Waals surface area (Å²) in [5.74, 6) is 2.19. The second kappa shape index (κ2) is 7.94. The summed E-state index contributed by atoms with van der Waals surface area (Å²) in [6.45, 7) is 12.9. The van der Waals surface area contributed by atoms with E-state index in [2.05, 4.69) is 41.1 Å². The van der Waals surface area contributed by atoms with Gasteiger partial charge in [0.05, 0.1) is 5.92 Å². The van der Waals surface area contributed by atoms with Crippen LogP contribution in [-0.2, 0) is 0 Å². The van der Waals surface area contributed by atoms with Gasteiger partial charge in [-0.2, -0.15) is 4.98 Å². The molecule has 0 radical (unpaired) electrons. The van der Waals surface area contributed by atoms with Gasteiger partial charge < -0.3 is 14.7 Å². The van der Waals surface area contributed by atoms with Gasteiger partial charge in [-0.05, 0) is 58.9 Å². The topological polar surface area (TPSA) is 74.5 Å². The summed E-state index contributed by atoms with van der Waals surface area (Å²) in [4.78, 5) is 21.4. The van der Waals surface area contributed by atoms with E-state index in [0.717, 1.165) is 38.4 Å². The van der Waals surface area contributed by atoms with E-state index in [1.165, 1.54) is 12.8 Å². The predicted molar refractivity (Wildman–Crippen MR) is 100 cm³/mol. The van der Waals surface area contributed by atoms with Crippen LogP contribution in [0.15, 0.2) is 4.52 Å². The second-order valence-electron chi connectivity index (χ2n) is 8.63. The number of carbonyl (C=O) groups excluding carboxylic acids is 1. The fourth-order valence-corrected chi connectivity index (χ4v) is 4.10. The molecule has 1 aromatic rings. The Morgan fingerprint density at radius 2 is 2.04 bits per heavy atom. The molecule has 2 atom stereocenters. The normalized spacial score (nSPS) is 25.3. The number of hydrogen-bond acceptors (Lipinski definition) is 5. The van der Waals surface area contributed by atoms with Crippen molar-refractivity contribution in [1.82, 2.24) is 25.3 Å². The number of aryl methyl sites for hydroxylation is 1. The molecule has 2 amide bonds. The third-order valence-electron chi connectivity index (χ3n) is 5.79. The highest BCUT2D eigenvalue weighted by Crippen LogP contribution is 2.26. The van der Waals surface area contributed by atoms with Crippen molar-refractivity contribution in [3.05, 3.63) is 11.7 Å². The highest BCUT2D eigenvalue weighted by molar-refractivity contribution is 5.74. The third-order valence-corrected chi connectivity index (χ3v) is 5.79. The Morgan fingerprint density at radius 3 is 2.73 bits per heavy atom. The number of aromatic nitrogens is 2. The number of nitrogens with one attached hydrogen (secondary N) is 1. The quantitative estimate of drug-likeness (QED) is 0.890. The lowest BCUT2D eigenvalue weighted by Gasteiger charge is -2.43. The van der Waals surface area contributed by atoms with Crippen molar-refractivity contribution in [1.29, 1.82) is 0 Å². The zero-order chi connectivity index (χ0) is 18.7. The maximum atomic E-state index is 12.7. The Kier molecular flexibility index (Phi) is 5.85. The van der Waals surface area contributed by atoms with Crippen LogP contribution in [0, 0.1) is 12.8 Å². The van der Waals surface area contributed by atoms with Gasteiger partial charge in [0.2, 0.25) is 5.89 Å². The average Bonchev–Trinajstić information content (AvgIpc) is 3.06. The summed E-state index contributed by atoms with van der Waals surface area (Å²) in [5.41, 5.74) is -0.0247. The minimum atomic E-state index is -0.0247. The minimum Gasteiger partial charge on any atom is -0.339 e. The van der Waals surface area contributed by atoms with E-state index >= 15 is 0 Å².